The lowest BCUT2D eigenvalue weighted by Gasteiger charge is -2.19. The second-order valence-electron chi connectivity index (χ2n) is 4.83. The summed E-state index contributed by atoms with van der Waals surface area (Å²) in [5.74, 6) is 0.745. The summed E-state index contributed by atoms with van der Waals surface area (Å²) in [6.45, 7) is 1.46. The highest BCUT2D eigenvalue weighted by Gasteiger charge is 2.19. The number of benzene rings is 1. The number of hydrogen-bond donors (Lipinski definition) is 1. The van der Waals surface area contributed by atoms with Gasteiger partial charge in [-0.2, -0.15) is 0 Å². The number of para-hydroxylation sites is 1. The van der Waals surface area contributed by atoms with Crippen LogP contribution in [0, 0.1) is 0 Å². The van der Waals surface area contributed by atoms with E-state index < -0.39 is 0 Å². The molecule has 0 atom stereocenters. The lowest BCUT2D eigenvalue weighted by Crippen LogP contribution is -2.37. The summed E-state index contributed by atoms with van der Waals surface area (Å²) in [7, 11) is 1.62. The Labute approximate surface area is 118 Å². The van der Waals surface area contributed by atoms with E-state index in [1.165, 1.54) is 0 Å². The molecule has 1 aliphatic rings. The van der Waals surface area contributed by atoms with Crippen molar-refractivity contribution in [1.82, 2.24) is 10.2 Å². The van der Waals surface area contributed by atoms with Crippen LogP contribution in [0.15, 0.2) is 24.3 Å². The molecule has 0 bridgehead atoms. The highest BCUT2D eigenvalue weighted by atomic mass is 16.5. The second kappa shape index (κ2) is 6.93. The van der Waals surface area contributed by atoms with Gasteiger partial charge in [0.15, 0.2) is 0 Å². The van der Waals surface area contributed by atoms with Crippen molar-refractivity contribution in [2.45, 2.75) is 19.3 Å². The molecule has 20 heavy (non-hydrogen) atoms. The number of hydrogen-bond acceptors (Lipinski definition) is 3. The number of ether oxygens (including phenoxy) is 1. The van der Waals surface area contributed by atoms with Gasteiger partial charge in [0.25, 0.3) is 0 Å². The Morgan fingerprint density at radius 1 is 1.40 bits per heavy atom. The molecule has 1 saturated heterocycles. The van der Waals surface area contributed by atoms with E-state index in [0.29, 0.717) is 25.9 Å². The van der Waals surface area contributed by atoms with Crippen molar-refractivity contribution in [3.8, 4) is 5.75 Å². The van der Waals surface area contributed by atoms with Crippen LogP contribution in [0.1, 0.15) is 18.4 Å². The molecule has 1 fully saturated rings. The molecule has 2 amide bonds. The van der Waals surface area contributed by atoms with Crippen molar-refractivity contribution >= 4 is 11.8 Å². The molecule has 5 heteroatoms. The van der Waals surface area contributed by atoms with Gasteiger partial charge in [-0.15, -0.1) is 0 Å². The Kier molecular flexibility index (Phi) is 4.98. The highest BCUT2D eigenvalue weighted by Crippen LogP contribution is 2.19. The molecule has 0 aromatic heterocycles. The third-order valence-corrected chi connectivity index (χ3v) is 3.41. The topological polar surface area (TPSA) is 58.6 Å². The van der Waals surface area contributed by atoms with E-state index in [1.807, 2.05) is 24.3 Å². The van der Waals surface area contributed by atoms with Gasteiger partial charge in [-0.25, -0.2) is 0 Å². The first-order chi connectivity index (χ1) is 9.70. The predicted molar refractivity (Wildman–Crippen MR) is 75.5 cm³/mol. The molecule has 5 nitrogen and oxygen atoms in total. The minimum Gasteiger partial charge on any atom is -0.496 e. The highest BCUT2D eigenvalue weighted by molar-refractivity contribution is 5.85. The molecule has 0 spiro atoms. The Morgan fingerprint density at radius 3 is 3.00 bits per heavy atom. The zero-order chi connectivity index (χ0) is 14.4. The second-order valence-corrected chi connectivity index (χ2v) is 4.83. The fraction of sp³-hybridized carbons (Fsp3) is 0.467. The normalized spacial score (nSPS) is 15.4. The molecule has 1 aromatic carbocycles. The van der Waals surface area contributed by atoms with E-state index in [9.17, 15) is 9.59 Å². The summed E-state index contributed by atoms with van der Waals surface area (Å²) < 4.78 is 5.27. The van der Waals surface area contributed by atoms with E-state index in [-0.39, 0.29) is 18.4 Å². The molecule has 0 aliphatic carbocycles. The van der Waals surface area contributed by atoms with Gasteiger partial charge in [0.2, 0.25) is 11.8 Å². The van der Waals surface area contributed by atoms with Crippen molar-refractivity contribution < 1.29 is 14.3 Å². The van der Waals surface area contributed by atoms with E-state index in [4.69, 9.17) is 4.74 Å². The largest absolute Gasteiger partial charge is 0.496 e. The van der Waals surface area contributed by atoms with Crippen LogP contribution in [0.25, 0.3) is 0 Å². The van der Waals surface area contributed by atoms with Gasteiger partial charge >= 0.3 is 0 Å². The molecule has 1 aromatic rings. The molecule has 1 N–H and O–H groups in total. The maximum atomic E-state index is 12.2. The number of aryl methyl sites for hydroxylation is 1. The number of amides is 2. The van der Waals surface area contributed by atoms with Crippen LogP contribution in [0.3, 0.4) is 0 Å². The molecular weight excluding hydrogens is 256 g/mol. The quantitative estimate of drug-likeness (QED) is 0.891. The van der Waals surface area contributed by atoms with Gasteiger partial charge in [0, 0.05) is 19.5 Å². The third kappa shape index (κ3) is 3.73. The average Bonchev–Trinajstić information content (AvgIpc) is 2.69. The van der Waals surface area contributed by atoms with Crippen LogP contribution in [0.5, 0.6) is 5.75 Å². The maximum Gasteiger partial charge on any atom is 0.239 e. The standard InChI is InChI=1S/C15H20N2O3/c1-20-13-6-3-2-5-12(13)7-8-15(19)17-10-4-9-16-14(18)11-17/h2-3,5-6H,4,7-11H2,1H3,(H,16,18). The van der Waals surface area contributed by atoms with Gasteiger partial charge in [0.1, 0.15) is 5.75 Å². The fourth-order valence-electron chi connectivity index (χ4n) is 2.33. The average molecular weight is 276 g/mol. The zero-order valence-electron chi connectivity index (χ0n) is 11.7. The van der Waals surface area contributed by atoms with Gasteiger partial charge < -0.3 is 15.0 Å². The maximum absolute atomic E-state index is 12.2. The minimum absolute atomic E-state index is 0.0213. The number of methoxy groups -OCH3 is 1. The van der Waals surface area contributed by atoms with Crippen LogP contribution in [-0.2, 0) is 16.0 Å². The Morgan fingerprint density at radius 2 is 2.20 bits per heavy atom. The summed E-state index contributed by atoms with van der Waals surface area (Å²) in [5.41, 5.74) is 1.02. The fourth-order valence-corrected chi connectivity index (χ4v) is 2.33. The SMILES string of the molecule is COc1ccccc1CCC(=O)N1CCCNC(=O)C1. The number of carbonyl (C=O) groups excluding carboxylic acids is 2. The summed E-state index contributed by atoms with van der Waals surface area (Å²) in [6, 6.07) is 7.69. The summed E-state index contributed by atoms with van der Waals surface area (Å²) in [5, 5.41) is 2.77. The van der Waals surface area contributed by atoms with E-state index >= 15 is 0 Å². The lowest BCUT2D eigenvalue weighted by atomic mass is 10.1. The van der Waals surface area contributed by atoms with E-state index in [0.717, 1.165) is 17.7 Å². The van der Waals surface area contributed by atoms with Crippen molar-refractivity contribution in [2.24, 2.45) is 0 Å². The van der Waals surface area contributed by atoms with E-state index in [2.05, 4.69) is 5.32 Å². The lowest BCUT2D eigenvalue weighted by molar-refractivity contribution is -0.135. The van der Waals surface area contributed by atoms with Crippen LogP contribution >= 0.6 is 0 Å². The first-order valence-electron chi connectivity index (χ1n) is 6.87. The molecular formula is C15H20N2O3. The first-order valence-corrected chi connectivity index (χ1v) is 6.87. The van der Waals surface area contributed by atoms with Gasteiger partial charge in [-0.05, 0) is 24.5 Å². The monoisotopic (exact) mass is 276 g/mol. The van der Waals surface area contributed by atoms with Gasteiger partial charge in [-0.3, -0.25) is 9.59 Å². The van der Waals surface area contributed by atoms with Gasteiger partial charge in [-0.1, -0.05) is 18.2 Å². The van der Waals surface area contributed by atoms with Crippen LogP contribution in [-0.4, -0.2) is 43.5 Å². The number of nitrogens with zero attached hydrogens (tertiary/aromatic N) is 1. The van der Waals surface area contributed by atoms with Crippen LogP contribution < -0.4 is 10.1 Å². The predicted octanol–water partition coefficient (Wildman–Crippen LogP) is 0.976. The zero-order valence-corrected chi connectivity index (χ0v) is 11.7. The van der Waals surface area contributed by atoms with E-state index in [1.54, 1.807) is 12.0 Å². The molecule has 0 radical (unpaired) electrons. The van der Waals surface area contributed by atoms with Crippen molar-refractivity contribution in [3.63, 3.8) is 0 Å². The third-order valence-electron chi connectivity index (χ3n) is 3.41. The minimum atomic E-state index is -0.0758. The van der Waals surface area contributed by atoms with Gasteiger partial charge in [0.05, 0.1) is 13.7 Å². The van der Waals surface area contributed by atoms with Crippen LogP contribution in [0.2, 0.25) is 0 Å². The number of carbonyl (C=O) groups is 2. The van der Waals surface area contributed by atoms with Crippen molar-refractivity contribution in [1.29, 1.82) is 0 Å². The molecule has 0 saturated carbocycles. The number of nitrogens with one attached hydrogen (secondary N) is 1. The number of rotatable bonds is 4. The molecule has 1 aliphatic heterocycles. The first kappa shape index (κ1) is 14.4. The summed E-state index contributed by atoms with van der Waals surface area (Å²) in [4.78, 5) is 25.3. The molecule has 108 valence electrons. The molecule has 2 rings (SSSR count). The molecule has 0 unspecified atom stereocenters. The summed E-state index contributed by atoms with van der Waals surface area (Å²) >= 11 is 0. The summed E-state index contributed by atoms with van der Waals surface area (Å²) in [6.07, 6.45) is 1.83. The Bertz CT molecular complexity index is 488. The van der Waals surface area contributed by atoms with Crippen LogP contribution in [0.4, 0.5) is 0 Å². The van der Waals surface area contributed by atoms with Crippen molar-refractivity contribution in [3.05, 3.63) is 29.8 Å². The Hall–Kier alpha value is -2.04. The molecule has 1 heterocycles. The Balaban J connectivity index is 1.92. The van der Waals surface area contributed by atoms with Crippen molar-refractivity contribution in [2.75, 3.05) is 26.7 Å². The smallest absolute Gasteiger partial charge is 0.239 e.